The Balaban J connectivity index is 1.58. The third-order valence-corrected chi connectivity index (χ3v) is 5.94. The minimum atomic E-state index is -0.602. The Labute approximate surface area is 219 Å². The van der Waals surface area contributed by atoms with Gasteiger partial charge in [-0.2, -0.15) is 4.98 Å². The zero-order chi connectivity index (χ0) is 26.5. The lowest BCUT2D eigenvalue weighted by Gasteiger charge is -2.34. The fraction of sp³-hybridized carbons (Fsp3) is 0.636. The largest absolute Gasteiger partial charge is 0.472 e. The van der Waals surface area contributed by atoms with Gasteiger partial charge in [-0.1, -0.05) is 11.6 Å². The number of nitrogens with one attached hydrogen (secondary N) is 1. The molecule has 1 atom stereocenters. The number of amides is 1. The second kappa shape index (κ2) is 11.9. The number of aromatic nitrogens is 4. The van der Waals surface area contributed by atoms with E-state index in [-0.39, 0.29) is 29.5 Å². The highest BCUT2D eigenvalue weighted by molar-refractivity contribution is 6.33. The van der Waals surface area contributed by atoms with Gasteiger partial charge in [0.05, 0.1) is 23.8 Å². The molecule has 3 rings (SSSR count). The summed E-state index contributed by atoms with van der Waals surface area (Å²) >= 11 is 11.8. The van der Waals surface area contributed by atoms with E-state index < -0.39 is 16.6 Å². The Morgan fingerprint density at radius 3 is 2.78 bits per heavy atom. The molecule has 1 saturated heterocycles. The number of nitrogens with zero attached hydrogens (tertiary/aromatic N) is 6. The molecule has 2 aromatic heterocycles. The summed E-state index contributed by atoms with van der Waals surface area (Å²) in [4.78, 5) is 33.2. The maximum Gasteiger partial charge on any atom is 0.410 e. The summed E-state index contributed by atoms with van der Waals surface area (Å²) in [5, 5.41) is 19.7. The molecule has 1 amide bonds. The standard InChI is InChI=1S/C22H31Cl2N7O5/c1-14-17(31(33)34)19(35-11-6-5-9-25-18-16(23)12-26-20(24)27-18)28-30(14)15-8-7-10-29(13-15)21(32)36-22(2,3)4/h12,15H,5-11,13H2,1-4H3,(H,25,26,27)/t15-/m1/s1. The van der Waals surface area contributed by atoms with Crippen LogP contribution in [0, 0.1) is 17.0 Å². The summed E-state index contributed by atoms with van der Waals surface area (Å²) in [6.07, 6.45) is 3.80. The highest BCUT2D eigenvalue weighted by Gasteiger charge is 2.34. The summed E-state index contributed by atoms with van der Waals surface area (Å²) < 4.78 is 12.8. The van der Waals surface area contributed by atoms with E-state index in [9.17, 15) is 14.9 Å². The number of carbonyl (C=O) groups is 1. The van der Waals surface area contributed by atoms with Crippen LogP contribution >= 0.6 is 23.2 Å². The first-order valence-corrected chi connectivity index (χ1v) is 12.5. The second-order valence-electron chi connectivity index (χ2n) is 9.48. The number of piperidine rings is 1. The molecule has 0 bridgehead atoms. The molecule has 0 aliphatic carbocycles. The maximum absolute atomic E-state index is 12.5. The summed E-state index contributed by atoms with van der Waals surface area (Å²) in [5.74, 6) is 0.418. The van der Waals surface area contributed by atoms with E-state index in [0.29, 0.717) is 49.0 Å². The molecule has 0 radical (unpaired) electrons. The van der Waals surface area contributed by atoms with Crippen molar-refractivity contribution in [3.8, 4) is 5.88 Å². The van der Waals surface area contributed by atoms with E-state index in [1.165, 1.54) is 6.20 Å². The molecule has 0 saturated carbocycles. The highest BCUT2D eigenvalue weighted by Crippen LogP contribution is 2.34. The van der Waals surface area contributed by atoms with E-state index in [2.05, 4.69) is 20.4 Å². The second-order valence-corrected chi connectivity index (χ2v) is 10.2. The average molecular weight is 544 g/mol. The minimum Gasteiger partial charge on any atom is -0.472 e. The smallest absolute Gasteiger partial charge is 0.410 e. The van der Waals surface area contributed by atoms with E-state index >= 15 is 0 Å². The van der Waals surface area contributed by atoms with E-state index in [4.69, 9.17) is 32.7 Å². The van der Waals surface area contributed by atoms with Crippen LogP contribution in [0.4, 0.5) is 16.3 Å². The molecular formula is C22H31Cl2N7O5. The first-order chi connectivity index (χ1) is 17.0. The molecule has 3 heterocycles. The minimum absolute atomic E-state index is 0.0227. The van der Waals surface area contributed by atoms with Crippen LogP contribution in [0.25, 0.3) is 0 Å². The van der Waals surface area contributed by atoms with Crippen LogP contribution in [0.1, 0.15) is 58.2 Å². The van der Waals surface area contributed by atoms with Gasteiger partial charge < -0.3 is 19.7 Å². The third-order valence-electron chi connectivity index (χ3n) is 5.48. The number of hydrogen-bond donors (Lipinski definition) is 1. The lowest BCUT2D eigenvalue weighted by atomic mass is 10.1. The fourth-order valence-corrected chi connectivity index (χ4v) is 4.16. The van der Waals surface area contributed by atoms with Crippen molar-refractivity contribution in [1.82, 2.24) is 24.6 Å². The molecule has 1 aliphatic rings. The van der Waals surface area contributed by atoms with Gasteiger partial charge in [-0.3, -0.25) is 14.8 Å². The van der Waals surface area contributed by atoms with Gasteiger partial charge >= 0.3 is 17.7 Å². The summed E-state index contributed by atoms with van der Waals surface area (Å²) in [6, 6.07) is -0.212. The number of anilines is 1. The van der Waals surface area contributed by atoms with Gasteiger partial charge in [-0.15, -0.1) is 5.10 Å². The van der Waals surface area contributed by atoms with Gasteiger partial charge in [0.15, 0.2) is 0 Å². The van der Waals surface area contributed by atoms with Crippen molar-refractivity contribution in [2.24, 2.45) is 0 Å². The van der Waals surface area contributed by atoms with Crippen LogP contribution in [-0.4, -0.2) is 67.5 Å². The van der Waals surface area contributed by atoms with Crippen LogP contribution in [0.15, 0.2) is 6.20 Å². The number of ether oxygens (including phenoxy) is 2. The molecule has 1 aliphatic heterocycles. The number of hydrogen-bond acceptors (Lipinski definition) is 9. The third kappa shape index (κ3) is 7.33. The molecule has 0 spiro atoms. The Bertz CT molecular complexity index is 1090. The van der Waals surface area contributed by atoms with Crippen LogP contribution < -0.4 is 10.1 Å². The average Bonchev–Trinajstić information content (AvgIpc) is 3.13. The molecule has 0 unspecified atom stereocenters. The lowest BCUT2D eigenvalue weighted by molar-refractivity contribution is -0.386. The summed E-state index contributed by atoms with van der Waals surface area (Å²) in [5.41, 5.74) is -0.373. The zero-order valence-electron chi connectivity index (χ0n) is 20.8. The molecule has 14 heteroatoms. The molecule has 12 nitrogen and oxygen atoms in total. The fourth-order valence-electron chi connectivity index (χ4n) is 3.87. The van der Waals surface area contributed by atoms with Crippen LogP contribution in [0.3, 0.4) is 0 Å². The predicted octanol–water partition coefficient (Wildman–Crippen LogP) is 5.04. The van der Waals surface area contributed by atoms with Crippen molar-refractivity contribution in [2.45, 2.75) is 65.0 Å². The first kappa shape index (κ1) is 27.7. The Morgan fingerprint density at radius 1 is 1.33 bits per heavy atom. The number of carbonyl (C=O) groups excluding carboxylic acids is 1. The van der Waals surface area contributed by atoms with Crippen LogP contribution in [-0.2, 0) is 4.74 Å². The maximum atomic E-state index is 12.5. The highest BCUT2D eigenvalue weighted by atomic mass is 35.5. The predicted molar refractivity (Wildman–Crippen MR) is 135 cm³/mol. The number of halogens is 2. The van der Waals surface area contributed by atoms with Crippen molar-refractivity contribution in [3.05, 3.63) is 32.3 Å². The van der Waals surface area contributed by atoms with Crippen molar-refractivity contribution < 1.29 is 19.2 Å². The monoisotopic (exact) mass is 543 g/mol. The molecule has 1 fully saturated rings. The van der Waals surface area contributed by atoms with Gasteiger partial charge in [0.1, 0.15) is 22.1 Å². The van der Waals surface area contributed by atoms with E-state index in [1.807, 2.05) is 20.8 Å². The van der Waals surface area contributed by atoms with Crippen LogP contribution in [0.5, 0.6) is 5.88 Å². The summed E-state index contributed by atoms with van der Waals surface area (Å²) in [6.45, 7) is 8.80. The van der Waals surface area contributed by atoms with Crippen LogP contribution in [0.2, 0.25) is 10.3 Å². The number of rotatable bonds is 9. The zero-order valence-corrected chi connectivity index (χ0v) is 22.3. The number of unbranched alkanes of at least 4 members (excludes halogenated alkanes) is 1. The molecular weight excluding hydrogens is 513 g/mol. The van der Waals surface area contributed by atoms with Gasteiger partial charge in [0, 0.05) is 19.6 Å². The van der Waals surface area contributed by atoms with Gasteiger partial charge in [-0.05, 0) is 65.0 Å². The van der Waals surface area contributed by atoms with Gasteiger partial charge in [-0.25, -0.2) is 9.78 Å². The van der Waals surface area contributed by atoms with E-state index in [0.717, 1.165) is 12.8 Å². The lowest BCUT2D eigenvalue weighted by Crippen LogP contribution is -2.43. The quantitative estimate of drug-likeness (QED) is 0.199. The van der Waals surface area contributed by atoms with Crippen molar-refractivity contribution in [3.63, 3.8) is 0 Å². The number of likely N-dealkylation sites (tertiary alicyclic amines) is 1. The van der Waals surface area contributed by atoms with E-state index in [1.54, 1.807) is 16.5 Å². The van der Waals surface area contributed by atoms with Crippen molar-refractivity contribution in [2.75, 3.05) is 31.6 Å². The summed E-state index contributed by atoms with van der Waals surface area (Å²) in [7, 11) is 0. The molecule has 198 valence electrons. The van der Waals surface area contributed by atoms with Crippen molar-refractivity contribution >= 4 is 40.8 Å². The van der Waals surface area contributed by atoms with Crippen molar-refractivity contribution in [1.29, 1.82) is 0 Å². The van der Waals surface area contributed by atoms with Gasteiger partial charge in [0.2, 0.25) is 5.28 Å². The normalized spacial score (nSPS) is 16.1. The molecule has 1 N–H and O–H groups in total. The topological polar surface area (TPSA) is 138 Å². The Hall–Kier alpha value is -2.86. The first-order valence-electron chi connectivity index (χ1n) is 11.7. The molecule has 2 aromatic rings. The SMILES string of the molecule is Cc1c([N+](=O)[O-])c(OCCCCNc2nc(Cl)ncc2Cl)nn1[C@@H]1CCCN(C(=O)OC(C)(C)C)C1. The molecule has 36 heavy (non-hydrogen) atoms. The number of nitro groups is 1. The molecule has 0 aromatic carbocycles. The Morgan fingerprint density at radius 2 is 2.08 bits per heavy atom. The Kier molecular flexibility index (Phi) is 9.18. The van der Waals surface area contributed by atoms with Gasteiger partial charge in [0.25, 0.3) is 0 Å².